The second-order valence-electron chi connectivity index (χ2n) is 5.72. The molecule has 4 rings (SSSR count). The third-order valence-electron chi connectivity index (χ3n) is 3.90. The van der Waals surface area contributed by atoms with Crippen LogP contribution in [0.25, 0.3) is 22.2 Å². The number of aryl methyl sites for hydroxylation is 1. The van der Waals surface area contributed by atoms with Crippen LogP contribution in [0.1, 0.15) is 11.3 Å². The Morgan fingerprint density at radius 3 is 2.81 bits per heavy atom. The molecule has 0 N–H and O–H groups in total. The van der Waals surface area contributed by atoms with E-state index in [0.29, 0.717) is 16.3 Å². The van der Waals surface area contributed by atoms with E-state index in [1.807, 2.05) is 35.9 Å². The summed E-state index contributed by atoms with van der Waals surface area (Å²) in [6.07, 6.45) is 0. The normalized spacial score (nSPS) is 11.2. The fraction of sp³-hybridized carbons (Fsp3) is 0.167. The van der Waals surface area contributed by atoms with E-state index in [9.17, 15) is 0 Å². The molecule has 0 aliphatic rings. The average molecular weight is 447 g/mol. The van der Waals surface area contributed by atoms with Gasteiger partial charge in [0.2, 0.25) is 0 Å². The summed E-state index contributed by atoms with van der Waals surface area (Å²) in [4.78, 5) is 4.77. The van der Waals surface area contributed by atoms with Crippen molar-refractivity contribution in [2.24, 2.45) is 7.05 Å². The van der Waals surface area contributed by atoms with Gasteiger partial charge >= 0.3 is 0 Å². The molecule has 0 aliphatic carbocycles. The highest BCUT2D eigenvalue weighted by Crippen LogP contribution is 2.30. The maximum absolute atomic E-state index is 5.56. The lowest BCUT2D eigenvalue weighted by Gasteiger charge is -2.01. The van der Waals surface area contributed by atoms with Crippen LogP contribution in [0.4, 0.5) is 0 Å². The number of hydrogen-bond donors (Lipinski definition) is 0. The zero-order chi connectivity index (χ0) is 18.1. The molecule has 0 bridgehead atoms. The summed E-state index contributed by atoms with van der Waals surface area (Å²) in [5.74, 6) is 2.14. The molecule has 3 aromatic heterocycles. The molecule has 0 atom stereocenters. The third kappa shape index (κ3) is 3.49. The molecule has 0 aliphatic heterocycles. The van der Waals surface area contributed by atoms with Crippen molar-refractivity contribution in [2.75, 3.05) is 0 Å². The lowest BCUT2D eigenvalue weighted by Crippen LogP contribution is -1.94. The predicted octanol–water partition coefficient (Wildman–Crippen LogP) is 5.56. The van der Waals surface area contributed by atoms with Crippen molar-refractivity contribution in [3.63, 3.8) is 0 Å². The number of furan rings is 1. The van der Waals surface area contributed by atoms with Crippen LogP contribution in [0.3, 0.4) is 0 Å². The SMILES string of the molecule is Cc1ccccc1-c1nc(CSc2nnc(-c3ccc(Br)o3)n2C)cs1. The van der Waals surface area contributed by atoms with Gasteiger partial charge in [-0.2, -0.15) is 0 Å². The van der Waals surface area contributed by atoms with Gasteiger partial charge in [0, 0.05) is 23.7 Å². The van der Waals surface area contributed by atoms with Crippen LogP contribution >= 0.6 is 39.0 Å². The number of aromatic nitrogens is 4. The smallest absolute Gasteiger partial charge is 0.200 e. The molecule has 4 aromatic rings. The Labute approximate surface area is 167 Å². The van der Waals surface area contributed by atoms with Gasteiger partial charge in [0.15, 0.2) is 21.4 Å². The molecule has 26 heavy (non-hydrogen) atoms. The molecule has 0 saturated heterocycles. The van der Waals surface area contributed by atoms with Crippen molar-refractivity contribution >= 4 is 39.0 Å². The first-order valence-electron chi connectivity index (χ1n) is 7.90. The molecule has 3 heterocycles. The van der Waals surface area contributed by atoms with Gasteiger partial charge in [0.05, 0.1) is 5.69 Å². The first-order chi connectivity index (χ1) is 12.6. The van der Waals surface area contributed by atoms with Crippen LogP contribution in [0.5, 0.6) is 0 Å². The first kappa shape index (κ1) is 17.5. The van der Waals surface area contributed by atoms with Gasteiger partial charge in [-0.1, -0.05) is 36.0 Å². The fourth-order valence-corrected chi connectivity index (χ4v) is 4.66. The number of thioether (sulfide) groups is 1. The van der Waals surface area contributed by atoms with Crippen LogP contribution in [0.15, 0.2) is 56.0 Å². The minimum atomic E-state index is 0.677. The number of halogens is 1. The topological polar surface area (TPSA) is 56.7 Å². The lowest BCUT2D eigenvalue weighted by molar-refractivity contribution is 0.547. The zero-order valence-electron chi connectivity index (χ0n) is 14.1. The summed E-state index contributed by atoms with van der Waals surface area (Å²) >= 11 is 6.60. The molecular formula is C18H15BrN4OS2. The Morgan fingerprint density at radius 1 is 1.19 bits per heavy atom. The predicted molar refractivity (Wildman–Crippen MR) is 108 cm³/mol. The van der Waals surface area contributed by atoms with Crippen molar-refractivity contribution in [1.29, 1.82) is 0 Å². The average Bonchev–Trinajstić information content (AvgIpc) is 3.34. The van der Waals surface area contributed by atoms with Crippen molar-refractivity contribution in [3.05, 3.63) is 57.7 Å². The second-order valence-corrected chi connectivity index (χ2v) is 8.30. The van der Waals surface area contributed by atoms with Crippen molar-refractivity contribution < 1.29 is 4.42 Å². The molecule has 0 fully saturated rings. The van der Waals surface area contributed by atoms with E-state index in [0.717, 1.165) is 21.6 Å². The first-order valence-corrected chi connectivity index (χ1v) is 10.6. The summed E-state index contributed by atoms with van der Waals surface area (Å²) < 4.78 is 8.18. The van der Waals surface area contributed by atoms with E-state index in [2.05, 4.69) is 50.6 Å². The van der Waals surface area contributed by atoms with Crippen LogP contribution in [0.2, 0.25) is 0 Å². The van der Waals surface area contributed by atoms with Gasteiger partial charge in [-0.25, -0.2) is 4.98 Å². The molecule has 0 amide bonds. The Balaban J connectivity index is 1.49. The maximum atomic E-state index is 5.56. The minimum Gasteiger partial charge on any atom is -0.446 e. The Hall–Kier alpha value is -1.90. The summed E-state index contributed by atoms with van der Waals surface area (Å²) in [6, 6.07) is 12.0. The van der Waals surface area contributed by atoms with E-state index < -0.39 is 0 Å². The van der Waals surface area contributed by atoms with E-state index in [1.54, 1.807) is 23.1 Å². The van der Waals surface area contributed by atoms with Crippen molar-refractivity contribution in [3.8, 4) is 22.2 Å². The van der Waals surface area contributed by atoms with Gasteiger partial charge < -0.3 is 8.98 Å². The number of nitrogens with zero attached hydrogens (tertiary/aromatic N) is 4. The molecular weight excluding hydrogens is 432 g/mol. The molecule has 0 radical (unpaired) electrons. The molecule has 0 spiro atoms. The van der Waals surface area contributed by atoms with Crippen molar-refractivity contribution in [1.82, 2.24) is 19.7 Å². The van der Waals surface area contributed by atoms with Crippen LogP contribution in [-0.2, 0) is 12.8 Å². The van der Waals surface area contributed by atoms with E-state index in [4.69, 9.17) is 9.40 Å². The van der Waals surface area contributed by atoms with Crippen molar-refractivity contribution in [2.45, 2.75) is 17.8 Å². The zero-order valence-corrected chi connectivity index (χ0v) is 17.4. The highest BCUT2D eigenvalue weighted by Gasteiger charge is 2.15. The Morgan fingerprint density at radius 2 is 2.04 bits per heavy atom. The van der Waals surface area contributed by atoms with Gasteiger partial charge in [-0.05, 0) is 40.5 Å². The molecule has 132 valence electrons. The van der Waals surface area contributed by atoms with Gasteiger partial charge in [0.1, 0.15) is 5.01 Å². The summed E-state index contributed by atoms with van der Waals surface area (Å²) in [5.41, 5.74) is 3.48. The molecule has 1 aromatic carbocycles. The van der Waals surface area contributed by atoms with Gasteiger partial charge in [-0.15, -0.1) is 21.5 Å². The van der Waals surface area contributed by atoms with E-state index in [1.165, 1.54) is 11.1 Å². The van der Waals surface area contributed by atoms with E-state index >= 15 is 0 Å². The van der Waals surface area contributed by atoms with E-state index in [-0.39, 0.29) is 0 Å². The highest BCUT2D eigenvalue weighted by molar-refractivity contribution is 9.10. The Kier molecular flexibility index (Phi) is 4.97. The molecule has 5 nitrogen and oxygen atoms in total. The molecule has 0 saturated carbocycles. The minimum absolute atomic E-state index is 0.677. The fourth-order valence-electron chi connectivity index (χ4n) is 2.54. The van der Waals surface area contributed by atoms with Gasteiger partial charge in [0.25, 0.3) is 0 Å². The monoisotopic (exact) mass is 446 g/mol. The third-order valence-corrected chi connectivity index (χ3v) is 6.31. The van der Waals surface area contributed by atoms with Crippen LogP contribution in [0, 0.1) is 6.92 Å². The number of benzene rings is 1. The second kappa shape index (κ2) is 7.38. The number of rotatable bonds is 5. The summed E-state index contributed by atoms with van der Waals surface area (Å²) in [6.45, 7) is 2.11. The summed E-state index contributed by atoms with van der Waals surface area (Å²) in [7, 11) is 1.94. The van der Waals surface area contributed by atoms with Crippen LogP contribution < -0.4 is 0 Å². The van der Waals surface area contributed by atoms with Crippen LogP contribution in [-0.4, -0.2) is 19.7 Å². The summed E-state index contributed by atoms with van der Waals surface area (Å²) in [5, 5.41) is 12.5. The molecule has 8 heteroatoms. The maximum Gasteiger partial charge on any atom is 0.200 e. The van der Waals surface area contributed by atoms with Gasteiger partial charge in [-0.3, -0.25) is 0 Å². The standard InChI is InChI=1S/C18H15BrN4OS2/c1-11-5-3-4-6-13(11)17-20-12(9-25-17)10-26-18-22-21-16(23(18)2)14-7-8-15(19)24-14/h3-9H,10H2,1-2H3. The highest BCUT2D eigenvalue weighted by atomic mass is 79.9. The largest absolute Gasteiger partial charge is 0.446 e. The Bertz CT molecular complexity index is 1050. The quantitative estimate of drug-likeness (QED) is 0.375. The lowest BCUT2D eigenvalue weighted by atomic mass is 10.1. The number of thiazole rings is 1. The number of hydrogen-bond acceptors (Lipinski definition) is 6. The molecule has 0 unspecified atom stereocenters.